The first kappa shape index (κ1) is 28.8. The summed E-state index contributed by atoms with van der Waals surface area (Å²) >= 11 is 0. The summed E-state index contributed by atoms with van der Waals surface area (Å²) in [6.07, 6.45) is -5.56. The number of aliphatic hydroxyl groups excluding tert-OH is 1. The Kier molecular flexibility index (Phi) is 8.71. The lowest BCUT2D eigenvalue weighted by Crippen LogP contribution is -2.53. The zero-order valence-electron chi connectivity index (χ0n) is 21.4. The topological polar surface area (TPSA) is 93.8 Å². The molecule has 2 aromatic rings. The average Bonchev–Trinajstić information content (AvgIpc) is 3.61. The number of halogens is 4. The van der Waals surface area contributed by atoms with Crippen LogP contribution in [-0.2, 0) is 33.9 Å². The number of ether oxygens (including phenoxy) is 2. The van der Waals surface area contributed by atoms with Crippen molar-refractivity contribution in [2.45, 2.75) is 62.6 Å². The van der Waals surface area contributed by atoms with Crippen molar-refractivity contribution in [1.29, 1.82) is 0 Å². The zero-order valence-corrected chi connectivity index (χ0v) is 22.2. The van der Waals surface area contributed by atoms with Gasteiger partial charge in [0, 0.05) is 47.9 Å². The summed E-state index contributed by atoms with van der Waals surface area (Å²) in [6.45, 7) is 1.93. The molecule has 11 heteroatoms. The Morgan fingerprint density at radius 3 is 2.61 bits per heavy atom. The molecule has 4 N–H and O–H groups in total. The zero-order chi connectivity index (χ0) is 27.7. The molecule has 1 saturated carbocycles. The van der Waals surface area contributed by atoms with Crippen LogP contribution in [0.4, 0.5) is 23.2 Å². The quantitative estimate of drug-likeness (QED) is 0.303. The van der Waals surface area contributed by atoms with Gasteiger partial charge in [-0.15, -0.1) is 0 Å². The molecule has 1 heterocycles. The first-order valence-corrected chi connectivity index (χ1v) is 14.0. The van der Waals surface area contributed by atoms with Crippen LogP contribution in [0.25, 0.3) is 0 Å². The highest BCUT2D eigenvalue weighted by Crippen LogP contribution is 2.47. The summed E-state index contributed by atoms with van der Waals surface area (Å²) < 4.78 is 76.7. The van der Waals surface area contributed by atoms with E-state index in [1.165, 1.54) is 11.6 Å². The Morgan fingerprint density at radius 2 is 1.95 bits per heavy atom. The van der Waals surface area contributed by atoms with Crippen LogP contribution < -0.4 is 15.8 Å². The van der Waals surface area contributed by atoms with Crippen LogP contribution in [0.2, 0.25) is 0 Å². The molecular formula is C27H34F4N2O4S. The van der Waals surface area contributed by atoms with Gasteiger partial charge in [-0.1, -0.05) is 31.2 Å². The van der Waals surface area contributed by atoms with Crippen LogP contribution in [-0.4, -0.2) is 59.0 Å². The molecule has 4 rings (SSSR count). The molecule has 0 amide bonds. The molecule has 1 saturated heterocycles. The predicted molar refractivity (Wildman–Crippen MR) is 138 cm³/mol. The number of benzene rings is 2. The molecule has 38 heavy (non-hydrogen) atoms. The minimum Gasteiger partial charge on any atom is -0.476 e. The van der Waals surface area contributed by atoms with Gasteiger partial charge in [-0.2, -0.15) is 13.2 Å². The minimum absolute atomic E-state index is 0.0907. The maximum atomic E-state index is 14.6. The van der Waals surface area contributed by atoms with Gasteiger partial charge >= 0.3 is 6.18 Å². The van der Waals surface area contributed by atoms with E-state index >= 15 is 0 Å². The van der Waals surface area contributed by atoms with E-state index < -0.39 is 65.0 Å². The second-order valence-electron chi connectivity index (χ2n) is 10.6. The van der Waals surface area contributed by atoms with E-state index in [4.69, 9.17) is 10.5 Å². The second kappa shape index (κ2) is 11.5. The SMILES string of the molecule is COC[C@@H](Oc1cc(C[C@@H]2CS(=O)C[C@H](NCc3cccc(C4(C)CC4)c3)[C@H]2O)cc(F)c1N)C(F)(F)F. The highest BCUT2D eigenvalue weighted by Gasteiger charge is 2.43. The number of hydrogen-bond donors (Lipinski definition) is 3. The summed E-state index contributed by atoms with van der Waals surface area (Å²) in [7, 11) is -0.138. The Balaban J connectivity index is 1.45. The van der Waals surface area contributed by atoms with Gasteiger partial charge in [0.1, 0.15) is 17.3 Å². The highest BCUT2D eigenvalue weighted by atomic mass is 32.2. The first-order valence-electron chi connectivity index (χ1n) is 12.6. The summed E-state index contributed by atoms with van der Waals surface area (Å²) in [5.41, 5.74) is 7.98. The number of nitrogens with one attached hydrogen (secondary N) is 1. The molecule has 5 atom stereocenters. The van der Waals surface area contributed by atoms with Crippen LogP contribution in [0.15, 0.2) is 36.4 Å². The Morgan fingerprint density at radius 1 is 1.21 bits per heavy atom. The number of aliphatic hydroxyl groups is 1. The van der Waals surface area contributed by atoms with Crippen molar-refractivity contribution in [3.8, 4) is 5.75 Å². The van der Waals surface area contributed by atoms with E-state index in [1.807, 2.05) is 12.1 Å². The van der Waals surface area contributed by atoms with Crippen molar-refractivity contribution in [2.75, 3.05) is 31.0 Å². The summed E-state index contributed by atoms with van der Waals surface area (Å²) in [5.74, 6) is -1.44. The Hall–Kier alpha value is -2.21. The van der Waals surface area contributed by atoms with E-state index in [2.05, 4.69) is 29.1 Å². The number of alkyl halides is 3. The third kappa shape index (κ3) is 6.86. The lowest BCUT2D eigenvalue weighted by molar-refractivity contribution is -0.206. The lowest BCUT2D eigenvalue weighted by atomic mass is 9.90. The minimum atomic E-state index is -4.75. The van der Waals surface area contributed by atoms with Crippen LogP contribution in [0.5, 0.6) is 5.75 Å². The number of methoxy groups -OCH3 is 1. The van der Waals surface area contributed by atoms with E-state index in [9.17, 15) is 26.9 Å². The lowest BCUT2D eigenvalue weighted by Gasteiger charge is -2.35. The van der Waals surface area contributed by atoms with Crippen LogP contribution in [0.3, 0.4) is 0 Å². The molecule has 2 fully saturated rings. The van der Waals surface area contributed by atoms with Gasteiger partial charge in [-0.3, -0.25) is 4.21 Å². The molecule has 210 valence electrons. The molecule has 2 aliphatic rings. The molecule has 6 nitrogen and oxygen atoms in total. The van der Waals surface area contributed by atoms with Crippen molar-refractivity contribution in [3.63, 3.8) is 0 Å². The van der Waals surface area contributed by atoms with Crippen molar-refractivity contribution in [3.05, 3.63) is 58.9 Å². The van der Waals surface area contributed by atoms with Crippen LogP contribution >= 0.6 is 0 Å². The van der Waals surface area contributed by atoms with Gasteiger partial charge in [-0.05, 0) is 53.5 Å². The standard InChI is InChI=1S/C27H34F4N2O4S/c1-26(6-7-26)19-5-3-4-16(9-19)12-33-21-15-38(35)14-18(25(21)34)8-17-10-20(28)24(32)22(11-17)37-23(13-36-2)27(29,30)31/h3-5,9-11,18,21,23,25,33-34H,6-8,12-15,32H2,1-2H3/t18-,21+,23-,25+,38?/m1/s1. The van der Waals surface area contributed by atoms with E-state index in [1.54, 1.807) is 0 Å². The third-order valence-corrected chi connectivity index (χ3v) is 8.99. The number of anilines is 1. The van der Waals surface area contributed by atoms with Gasteiger partial charge in [-0.25, -0.2) is 4.39 Å². The molecule has 0 bridgehead atoms. The molecule has 0 spiro atoms. The van der Waals surface area contributed by atoms with Crippen molar-refractivity contribution in [1.82, 2.24) is 5.32 Å². The number of nitrogen functional groups attached to an aromatic ring is 1. The number of rotatable bonds is 10. The van der Waals surface area contributed by atoms with Gasteiger partial charge < -0.3 is 25.6 Å². The molecular weight excluding hydrogens is 524 g/mol. The monoisotopic (exact) mass is 558 g/mol. The fraction of sp³-hybridized carbons (Fsp3) is 0.556. The van der Waals surface area contributed by atoms with Crippen molar-refractivity contribution >= 4 is 16.5 Å². The number of nitrogens with two attached hydrogens (primary N) is 1. The van der Waals surface area contributed by atoms with Crippen molar-refractivity contribution in [2.24, 2.45) is 5.92 Å². The fourth-order valence-corrected chi connectivity index (χ4v) is 6.48. The molecule has 2 aromatic carbocycles. The molecule has 0 aromatic heterocycles. The van der Waals surface area contributed by atoms with Crippen LogP contribution in [0, 0.1) is 11.7 Å². The molecule has 1 unspecified atom stereocenters. The van der Waals surface area contributed by atoms with Gasteiger partial charge in [0.15, 0.2) is 0 Å². The third-order valence-electron chi connectivity index (χ3n) is 7.45. The number of hydrogen-bond acceptors (Lipinski definition) is 6. The van der Waals surface area contributed by atoms with E-state index in [0.717, 1.165) is 31.6 Å². The molecule has 1 aliphatic heterocycles. The van der Waals surface area contributed by atoms with Gasteiger partial charge in [0.2, 0.25) is 6.10 Å². The maximum Gasteiger partial charge on any atom is 0.427 e. The fourth-order valence-electron chi connectivity index (χ4n) is 4.84. The Bertz CT molecular complexity index is 1160. The van der Waals surface area contributed by atoms with Crippen LogP contribution in [0.1, 0.15) is 36.5 Å². The summed E-state index contributed by atoms with van der Waals surface area (Å²) in [6, 6.07) is 10.2. The van der Waals surface area contributed by atoms with Gasteiger partial charge in [0.25, 0.3) is 0 Å². The molecule has 1 aliphatic carbocycles. The smallest absolute Gasteiger partial charge is 0.427 e. The summed E-state index contributed by atoms with van der Waals surface area (Å²) in [5, 5.41) is 14.4. The Labute approximate surface area is 222 Å². The normalized spacial score (nSPS) is 25.7. The predicted octanol–water partition coefficient (Wildman–Crippen LogP) is 3.86. The van der Waals surface area contributed by atoms with E-state index in [-0.39, 0.29) is 28.9 Å². The van der Waals surface area contributed by atoms with Crippen molar-refractivity contribution < 1.29 is 36.4 Å². The summed E-state index contributed by atoms with van der Waals surface area (Å²) in [4.78, 5) is 0. The van der Waals surface area contributed by atoms with Gasteiger partial charge in [0.05, 0.1) is 12.7 Å². The molecule has 0 radical (unpaired) electrons. The average molecular weight is 559 g/mol. The second-order valence-corrected chi connectivity index (χ2v) is 12.1. The first-order chi connectivity index (χ1) is 17.9. The highest BCUT2D eigenvalue weighted by molar-refractivity contribution is 7.85. The largest absolute Gasteiger partial charge is 0.476 e. The maximum absolute atomic E-state index is 14.6. The van der Waals surface area contributed by atoms with E-state index in [0.29, 0.717) is 6.54 Å².